The average Bonchev–Trinajstić information content (AvgIpc) is 2.44. The van der Waals surface area contributed by atoms with Crippen LogP contribution >= 0.6 is 0 Å². The number of carbonyl (C=O) groups is 1. The zero-order valence-electron chi connectivity index (χ0n) is 13.4. The molecule has 0 aliphatic rings. The third-order valence-corrected chi connectivity index (χ3v) is 3.60. The summed E-state index contributed by atoms with van der Waals surface area (Å²) in [6.07, 6.45) is 0.823. The molecule has 1 amide bonds. The molecule has 5 heteroatoms. The van der Waals surface area contributed by atoms with Gasteiger partial charge >= 0.3 is 0 Å². The van der Waals surface area contributed by atoms with Crippen LogP contribution in [0.3, 0.4) is 0 Å². The van der Waals surface area contributed by atoms with Gasteiger partial charge in [-0.05, 0) is 40.3 Å². The first-order valence-electron chi connectivity index (χ1n) is 7.19. The van der Waals surface area contributed by atoms with Crippen LogP contribution in [0.4, 0.5) is 4.39 Å². The maximum Gasteiger partial charge on any atom is 0.258 e. The van der Waals surface area contributed by atoms with Crippen molar-refractivity contribution >= 4 is 5.91 Å². The van der Waals surface area contributed by atoms with Crippen molar-refractivity contribution in [3.05, 3.63) is 29.6 Å². The third-order valence-electron chi connectivity index (χ3n) is 3.60. The highest BCUT2D eigenvalue weighted by Crippen LogP contribution is 2.21. The van der Waals surface area contributed by atoms with Gasteiger partial charge in [0, 0.05) is 23.2 Å². The standard InChI is InChI=1S/C16H25FN2O2/c1-6-16(3,4)19-15(20)10-21-12-7-8-13(11(2)18-5)14(17)9-12/h7-9,11,18H,6,10H2,1-5H3,(H,19,20). The largest absolute Gasteiger partial charge is 0.484 e. The molecule has 0 spiro atoms. The van der Waals surface area contributed by atoms with E-state index in [1.54, 1.807) is 19.2 Å². The van der Waals surface area contributed by atoms with E-state index in [2.05, 4.69) is 10.6 Å². The number of rotatable bonds is 7. The first-order valence-corrected chi connectivity index (χ1v) is 7.19. The number of nitrogens with one attached hydrogen (secondary N) is 2. The van der Waals surface area contributed by atoms with Gasteiger partial charge in [0.15, 0.2) is 6.61 Å². The van der Waals surface area contributed by atoms with Crippen molar-refractivity contribution in [1.29, 1.82) is 0 Å². The predicted octanol–water partition coefficient (Wildman–Crippen LogP) is 2.79. The Bertz CT molecular complexity index is 489. The van der Waals surface area contributed by atoms with Gasteiger partial charge in [0.05, 0.1) is 0 Å². The molecule has 1 aromatic carbocycles. The second-order valence-corrected chi connectivity index (χ2v) is 5.77. The highest BCUT2D eigenvalue weighted by Gasteiger charge is 2.18. The summed E-state index contributed by atoms with van der Waals surface area (Å²) in [5.74, 6) is -0.206. The van der Waals surface area contributed by atoms with E-state index < -0.39 is 0 Å². The molecule has 0 heterocycles. The lowest BCUT2D eigenvalue weighted by atomic mass is 10.0. The molecular formula is C16H25FN2O2. The van der Waals surface area contributed by atoms with Gasteiger partial charge in [0.25, 0.3) is 5.91 Å². The van der Waals surface area contributed by atoms with Gasteiger partial charge < -0.3 is 15.4 Å². The molecule has 0 saturated carbocycles. The zero-order chi connectivity index (χ0) is 16.0. The summed E-state index contributed by atoms with van der Waals surface area (Å²) in [5.41, 5.74) is 0.305. The Balaban J connectivity index is 2.61. The fourth-order valence-electron chi connectivity index (χ4n) is 1.76. The second kappa shape index (κ2) is 7.41. The number of hydrogen-bond acceptors (Lipinski definition) is 3. The number of ether oxygens (including phenoxy) is 1. The summed E-state index contributed by atoms with van der Waals surface area (Å²) in [4.78, 5) is 11.8. The van der Waals surface area contributed by atoms with Gasteiger partial charge in [-0.15, -0.1) is 0 Å². The normalized spacial score (nSPS) is 12.9. The number of carbonyl (C=O) groups excluding carboxylic acids is 1. The SMILES string of the molecule is CCC(C)(C)NC(=O)COc1ccc(C(C)NC)c(F)c1. The lowest BCUT2D eigenvalue weighted by molar-refractivity contribution is -0.124. The smallest absolute Gasteiger partial charge is 0.258 e. The van der Waals surface area contributed by atoms with Crippen LogP contribution in [0.2, 0.25) is 0 Å². The van der Waals surface area contributed by atoms with Crippen LogP contribution in [0.25, 0.3) is 0 Å². The number of amides is 1. The van der Waals surface area contributed by atoms with Gasteiger partial charge in [-0.1, -0.05) is 13.0 Å². The topological polar surface area (TPSA) is 50.4 Å². The molecule has 0 aliphatic carbocycles. The first kappa shape index (κ1) is 17.4. The Morgan fingerprint density at radius 3 is 2.62 bits per heavy atom. The Hall–Kier alpha value is -1.62. The molecule has 0 radical (unpaired) electrons. The van der Waals surface area contributed by atoms with Crippen molar-refractivity contribution in [3.63, 3.8) is 0 Å². The monoisotopic (exact) mass is 296 g/mol. The van der Waals surface area contributed by atoms with Gasteiger partial charge in [-0.3, -0.25) is 4.79 Å². The molecule has 21 heavy (non-hydrogen) atoms. The summed E-state index contributed by atoms with van der Waals surface area (Å²) < 4.78 is 19.3. The molecule has 0 bridgehead atoms. The Morgan fingerprint density at radius 1 is 1.43 bits per heavy atom. The van der Waals surface area contributed by atoms with E-state index in [1.807, 2.05) is 27.7 Å². The highest BCUT2D eigenvalue weighted by molar-refractivity contribution is 5.78. The molecule has 4 nitrogen and oxygen atoms in total. The molecule has 1 aromatic rings. The minimum absolute atomic E-state index is 0.0762. The van der Waals surface area contributed by atoms with Crippen molar-refractivity contribution in [2.75, 3.05) is 13.7 Å². The van der Waals surface area contributed by atoms with Crippen LogP contribution in [-0.4, -0.2) is 25.1 Å². The van der Waals surface area contributed by atoms with Crippen LogP contribution in [0.15, 0.2) is 18.2 Å². The van der Waals surface area contributed by atoms with E-state index in [-0.39, 0.29) is 29.9 Å². The minimum atomic E-state index is -0.344. The Morgan fingerprint density at radius 2 is 2.10 bits per heavy atom. The summed E-state index contributed by atoms with van der Waals surface area (Å²) in [6, 6.07) is 4.57. The molecule has 1 unspecified atom stereocenters. The molecule has 1 atom stereocenters. The average molecular weight is 296 g/mol. The minimum Gasteiger partial charge on any atom is -0.484 e. The Labute approximate surface area is 126 Å². The van der Waals surface area contributed by atoms with Gasteiger partial charge in [0.2, 0.25) is 0 Å². The highest BCUT2D eigenvalue weighted by atomic mass is 19.1. The van der Waals surface area contributed by atoms with Gasteiger partial charge in [-0.2, -0.15) is 0 Å². The molecule has 0 aromatic heterocycles. The summed E-state index contributed by atoms with van der Waals surface area (Å²) in [7, 11) is 1.77. The molecule has 0 saturated heterocycles. The van der Waals surface area contributed by atoms with Crippen molar-refractivity contribution < 1.29 is 13.9 Å². The van der Waals surface area contributed by atoms with Crippen molar-refractivity contribution in [2.45, 2.75) is 45.7 Å². The molecule has 0 fully saturated rings. The van der Waals surface area contributed by atoms with E-state index in [0.717, 1.165) is 6.42 Å². The van der Waals surface area contributed by atoms with E-state index in [0.29, 0.717) is 11.3 Å². The number of benzene rings is 1. The van der Waals surface area contributed by atoms with Crippen molar-refractivity contribution in [1.82, 2.24) is 10.6 Å². The molecule has 118 valence electrons. The fraction of sp³-hybridized carbons (Fsp3) is 0.562. The molecule has 1 rings (SSSR count). The third kappa shape index (κ3) is 5.34. The van der Waals surface area contributed by atoms with Gasteiger partial charge in [-0.25, -0.2) is 4.39 Å². The summed E-state index contributed by atoms with van der Waals surface area (Å²) in [5, 5.41) is 5.84. The lowest BCUT2D eigenvalue weighted by Gasteiger charge is -2.24. The maximum absolute atomic E-state index is 13.9. The molecule has 2 N–H and O–H groups in total. The van der Waals surface area contributed by atoms with E-state index in [9.17, 15) is 9.18 Å². The van der Waals surface area contributed by atoms with E-state index in [1.165, 1.54) is 6.07 Å². The van der Waals surface area contributed by atoms with Crippen LogP contribution in [0, 0.1) is 5.82 Å². The quantitative estimate of drug-likeness (QED) is 0.813. The first-order chi connectivity index (χ1) is 9.79. The molecular weight excluding hydrogens is 271 g/mol. The predicted molar refractivity (Wildman–Crippen MR) is 81.9 cm³/mol. The summed E-state index contributed by atoms with van der Waals surface area (Å²) >= 11 is 0. The molecule has 0 aliphatic heterocycles. The van der Waals surface area contributed by atoms with E-state index >= 15 is 0 Å². The summed E-state index contributed by atoms with van der Waals surface area (Å²) in [6.45, 7) is 7.64. The van der Waals surface area contributed by atoms with E-state index in [4.69, 9.17) is 4.74 Å². The van der Waals surface area contributed by atoms with Crippen LogP contribution in [0.1, 0.15) is 45.7 Å². The number of halogens is 1. The van der Waals surface area contributed by atoms with Crippen molar-refractivity contribution in [2.24, 2.45) is 0 Å². The Kier molecular flexibility index (Phi) is 6.15. The second-order valence-electron chi connectivity index (χ2n) is 5.77. The number of hydrogen-bond donors (Lipinski definition) is 2. The van der Waals surface area contributed by atoms with Gasteiger partial charge in [0.1, 0.15) is 11.6 Å². The van der Waals surface area contributed by atoms with Crippen LogP contribution in [-0.2, 0) is 4.79 Å². The maximum atomic E-state index is 13.9. The van der Waals surface area contributed by atoms with Crippen LogP contribution < -0.4 is 15.4 Å². The lowest BCUT2D eigenvalue weighted by Crippen LogP contribution is -2.44. The van der Waals surface area contributed by atoms with Crippen molar-refractivity contribution in [3.8, 4) is 5.75 Å². The fourth-order valence-corrected chi connectivity index (χ4v) is 1.76. The zero-order valence-corrected chi connectivity index (χ0v) is 13.4. The van der Waals surface area contributed by atoms with Crippen LogP contribution in [0.5, 0.6) is 5.75 Å².